The fourth-order valence-corrected chi connectivity index (χ4v) is 3.63. The summed E-state index contributed by atoms with van der Waals surface area (Å²) in [4.78, 5) is 31.2. The molecule has 0 aliphatic carbocycles. The number of terminal acetylenes is 1. The Morgan fingerprint density at radius 2 is 1.79 bits per heavy atom. The molecule has 0 atom stereocenters. The number of nitrogens with two attached hydrogens (primary N) is 1. The zero-order valence-corrected chi connectivity index (χ0v) is 20.0. The number of benzene rings is 1. The van der Waals surface area contributed by atoms with Gasteiger partial charge in [-0.1, -0.05) is 18.6 Å². The van der Waals surface area contributed by atoms with Gasteiger partial charge >= 0.3 is 0 Å². The van der Waals surface area contributed by atoms with Crippen molar-refractivity contribution in [3.63, 3.8) is 0 Å². The molecule has 0 spiro atoms. The highest BCUT2D eigenvalue weighted by molar-refractivity contribution is 5.85. The summed E-state index contributed by atoms with van der Waals surface area (Å²) in [5.74, 6) is 1.27. The molecule has 3 rings (SSSR count). The number of carbonyl (C=O) groups excluding carboxylic acids is 2. The van der Waals surface area contributed by atoms with Crippen LogP contribution >= 0.6 is 0 Å². The molecule has 0 unspecified atom stereocenters. The predicted molar refractivity (Wildman–Crippen MR) is 133 cm³/mol. The fourth-order valence-electron chi connectivity index (χ4n) is 3.63. The van der Waals surface area contributed by atoms with Crippen LogP contribution in [-0.2, 0) is 16.0 Å². The van der Waals surface area contributed by atoms with Crippen LogP contribution in [0, 0.1) is 24.3 Å². The summed E-state index contributed by atoms with van der Waals surface area (Å²) >= 11 is 0. The molecule has 1 aromatic carbocycles. The lowest BCUT2D eigenvalue weighted by molar-refractivity contribution is -0.139. The molecule has 0 aromatic heterocycles. The summed E-state index contributed by atoms with van der Waals surface area (Å²) in [7, 11) is 1.63. The molecule has 2 aliphatic heterocycles. The third kappa shape index (κ3) is 10.7. The quantitative estimate of drug-likeness (QED) is 0.216. The predicted octanol–water partition coefficient (Wildman–Crippen LogP) is 1.88. The summed E-state index contributed by atoms with van der Waals surface area (Å²) in [6.07, 6.45) is 16.5. The highest BCUT2D eigenvalue weighted by Gasteiger charge is 2.23. The smallest absolute Gasteiger partial charge is 0.242 e. The molecule has 3 N–H and O–H groups in total. The van der Waals surface area contributed by atoms with E-state index in [1.54, 1.807) is 18.2 Å². The second-order valence-electron chi connectivity index (χ2n) is 7.82. The van der Waals surface area contributed by atoms with Crippen molar-refractivity contribution in [3.8, 4) is 24.8 Å². The Morgan fingerprint density at radius 3 is 2.41 bits per heavy atom. The number of likely N-dealkylation sites (tertiary alicyclic amines) is 2. The maximum absolute atomic E-state index is 11.9. The van der Waals surface area contributed by atoms with E-state index in [9.17, 15) is 9.59 Å². The molecule has 2 aliphatic rings. The average molecular weight is 469 g/mol. The average Bonchev–Trinajstić information content (AvgIpc) is 3.33. The summed E-state index contributed by atoms with van der Waals surface area (Å²) in [5, 5.41) is 10.5. The van der Waals surface area contributed by atoms with E-state index in [0.29, 0.717) is 19.5 Å². The minimum absolute atomic E-state index is 0.132. The van der Waals surface area contributed by atoms with Crippen LogP contribution in [0.2, 0.25) is 0 Å². The summed E-state index contributed by atoms with van der Waals surface area (Å²) in [6.45, 7) is 3.37. The van der Waals surface area contributed by atoms with Gasteiger partial charge in [-0.2, -0.15) is 5.26 Å². The number of nitrogens with one attached hydrogen (secondary N) is 1. The molecule has 9 nitrogen and oxygen atoms in total. The molecule has 0 bridgehead atoms. The molecule has 2 amide bonds. The molecule has 184 valence electrons. The number of guanidine groups is 1. The number of ether oxygens (including phenoxy) is 1. The third-order valence-electron chi connectivity index (χ3n) is 5.48. The number of nitriles is 1. The Balaban J connectivity index is 0.000000317. The van der Waals surface area contributed by atoms with Crippen LogP contribution < -0.4 is 15.8 Å². The van der Waals surface area contributed by atoms with Crippen molar-refractivity contribution in [3.05, 3.63) is 29.8 Å². The number of hydrogen-bond acceptors (Lipinski definition) is 5. The van der Waals surface area contributed by atoms with Crippen molar-refractivity contribution < 1.29 is 14.3 Å². The van der Waals surface area contributed by atoms with Gasteiger partial charge in [-0.25, -0.2) is 0 Å². The second-order valence-corrected chi connectivity index (χ2v) is 7.82. The van der Waals surface area contributed by atoms with E-state index in [1.165, 1.54) is 0 Å². The lowest BCUT2D eigenvalue weighted by Gasteiger charge is -2.23. The number of carbonyl (C=O) groups is 2. The lowest BCUT2D eigenvalue weighted by atomic mass is 10.1. The minimum Gasteiger partial charge on any atom is -0.497 e. The SMILES string of the molecule is C#C.COc1ccc(CCN=C(N)NC#N)cc1.O=C(CN1CCCCCC1=O)N1CCCC1. The van der Waals surface area contributed by atoms with E-state index in [2.05, 4.69) is 23.2 Å². The van der Waals surface area contributed by atoms with Crippen LogP contribution in [0.1, 0.15) is 44.1 Å². The largest absolute Gasteiger partial charge is 0.497 e. The van der Waals surface area contributed by atoms with Crippen molar-refractivity contribution in [1.29, 1.82) is 5.26 Å². The van der Waals surface area contributed by atoms with Gasteiger partial charge in [-0.3, -0.25) is 19.9 Å². The number of methoxy groups -OCH3 is 1. The highest BCUT2D eigenvalue weighted by atomic mass is 16.5. The molecule has 0 radical (unpaired) electrons. The van der Waals surface area contributed by atoms with Gasteiger partial charge in [-0.15, -0.1) is 12.8 Å². The van der Waals surface area contributed by atoms with Crippen LogP contribution in [0.4, 0.5) is 0 Å². The Labute approximate surface area is 202 Å². The van der Waals surface area contributed by atoms with E-state index >= 15 is 0 Å². The number of rotatable bonds is 6. The molecule has 9 heteroatoms. The van der Waals surface area contributed by atoms with Crippen molar-refractivity contribution in [2.75, 3.05) is 39.8 Å². The molecule has 2 fully saturated rings. The molecule has 1 aromatic rings. The van der Waals surface area contributed by atoms with Gasteiger partial charge < -0.3 is 20.3 Å². The molecule has 2 heterocycles. The Morgan fingerprint density at radius 1 is 1.15 bits per heavy atom. The number of amides is 2. The van der Waals surface area contributed by atoms with Crippen LogP contribution in [-0.4, -0.2) is 67.4 Å². The van der Waals surface area contributed by atoms with Crippen molar-refractivity contribution in [1.82, 2.24) is 15.1 Å². The molecule has 0 saturated carbocycles. The molecular formula is C25H36N6O3. The second kappa shape index (κ2) is 16.8. The lowest BCUT2D eigenvalue weighted by Crippen LogP contribution is -2.41. The first-order valence-electron chi connectivity index (χ1n) is 11.5. The van der Waals surface area contributed by atoms with Gasteiger partial charge in [0.25, 0.3) is 0 Å². The Bertz CT molecular complexity index is 838. The summed E-state index contributed by atoms with van der Waals surface area (Å²) < 4.78 is 5.05. The summed E-state index contributed by atoms with van der Waals surface area (Å²) in [5.41, 5.74) is 6.54. The first-order chi connectivity index (χ1) is 16.5. The van der Waals surface area contributed by atoms with Crippen LogP contribution in [0.3, 0.4) is 0 Å². The fraction of sp³-hybridized carbons (Fsp3) is 0.520. The molecular weight excluding hydrogens is 432 g/mol. The normalized spacial score (nSPS) is 15.6. The van der Waals surface area contributed by atoms with Crippen molar-refractivity contribution in [2.45, 2.75) is 44.9 Å². The highest BCUT2D eigenvalue weighted by Crippen LogP contribution is 2.13. The molecule has 2 saturated heterocycles. The van der Waals surface area contributed by atoms with Crippen LogP contribution in [0.5, 0.6) is 5.75 Å². The van der Waals surface area contributed by atoms with Crippen LogP contribution in [0.25, 0.3) is 0 Å². The standard InChI is InChI=1S/C12H20N2O2.C11H14N4O.C2H2/c15-11-6-2-1-3-9-14(11)10-12(16)13-7-4-5-8-13;1-16-10-4-2-9(3-5-10)6-7-14-11(13)15-8-12;1-2/h1-10H2;2-5H,6-7H2,1H3,(H3,13,14,15);1-2H. The van der Waals surface area contributed by atoms with Crippen LogP contribution in [0.15, 0.2) is 29.3 Å². The number of hydrogen-bond donors (Lipinski definition) is 2. The zero-order chi connectivity index (χ0) is 25.2. The molecule has 34 heavy (non-hydrogen) atoms. The minimum atomic E-state index is 0.132. The number of nitrogens with zero attached hydrogens (tertiary/aromatic N) is 4. The van der Waals surface area contributed by atoms with Gasteiger partial charge in [0, 0.05) is 32.6 Å². The van der Waals surface area contributed by atoms with Crippen molar-refractivity contribution in [2.24, 2.45) is 10.7 Å². The Kier molecular flexibility index (Phi) is 14.0. The van der Waals surface area contributed by atoms with E-state index < -0.39 is 0 Å². The maximum atomic E-state index is 11.9. The summed E-state index contributed by atoms with van der Waals surface area (Å²) in [6, 6.07) is 7.75. The first kappa shape index (κ1) is 28.3. The third-order valence-corrected chi connectivity index (χ3v) is 5.48. The topological polar surface area (TPSA) is 124 Å². The van der Waals surface area contributed by atoms with E-state index in [0.717, 1.165) is 69.5 Å². The number of aliphatic imine (C=N–C) groups is 1. The van der Waals surface area contributed by atoms with Gasteiger partial charge in [0.2, 0.25) is 17.8 Å². The Hall–Kier alpha value is -3.72. The van der Waals surface area contributed by atoms with E-state index in [4.69, 9.17) is 15.7 Å². The first-order valence-corrected chi connectivity index (χ1v) is 11.5. The van der Waals surface area contributed by atoms with Gasteiger partial charge in [0.05, 0.1) is 13.7 Å². The van der Waals surface area contributed by atoms with E-state index in [-0.39, 0.29) is 17.8 Å². The zero-order valence-electron chi connectivity index (χ0n) is 20.0. The van der Waals surface area contributed by atoms with E-state index in [1.807, 2.05) is 29.2 Å². The monoisotopic (exact) mass is 468 g/mol. The van der Waals surface area contributed by atoms with Gasteiger partial charge in [0.1, 0.15) is 5.75 Å². The maximum Gasteiger partial charge on any atom is 0.242 e. The van der Waals surface area contributed by atoms with Gasteiger partial charge in [-0.05, 0) is 49.8 Å². The van der Waals surface area contributed by atoms with Gasteiger partial charge in [0.15, 0.2) is 6.19 Å². The van der Waals surface area contributed by atoms with Crippen molar-refractivity contribution >= 4 is 17.8 Å².